The van der Waals surface area contributed by atoms with Crippen molar-refractivity contribution in [3.63, 3.8) is 0 Å². The Morgan fingerprint density at radius 1 is 1.62 bits per heavy atom. The number of amides is 1. The number of carbonyl (C=O) groups is 1. The van der Waals surface area contributed by atoms with Crippen LogP contribution in [0.3, 0.4) is 0 Å². The molecule has 2 aromatic heterocycles. The highest BCUT2D eigenvalue weighted by Crippen LogP contribution is 2.40. The van der Waals surface area contributed by atoms with E-state index >= 15 is 0 Å². The van der Waals surface area contributed by atoms with Crippen molar-refractivity contribution in [2.24, 2.45) is 0 Å². The van der Waals surface area contributed by atoms with E-state index in [2.05, 4.69) is 10.5 Å². The standard InChI is InChI=1S/C14H15ClN2O3S/c1-19-11(12-4-5-13(15)21-12)7-16-14(18)9-6-10(20-17-9)8-2-3-8/h4-6,8,11H,2-3,7H2,1H3,(H,16,18)/t11-/m0/s1. The number of carbonyl (C=O) groups excluding carboxylic acids is 1. The Bertz CT molecular complexity index is 636. The minimum absolute atomic E-state index is 0.221. The van der Waals surface area contributed by atoms with Gasteiger partial charge in [-0.25, -0.2) is 0 Å². The largest absolute Gasteiger partial charge is 0.374 e. The van der Waals surface area contributed by atoms with Gasteiger partial charge in [0.1, 0.15) is 11.9 Å². The SMILES string of the molecule is CO[C@@H](CNC(=O)c1cc(C2CC2)on1)c1ccc(Cl)s1. The number of methoxy groups -OCH3 is 1. The van der Waals surface area contributed by atoms with E-state index in [-0.39, 0.29) is 12.0 Å². The van der Waals surface area contributed by atoms with Crippen LogP contribution in [0.1, 0.15) is 46.0 Å². The van der Waals surface area contributed by atoms with Gasteiger partial charge in [0.05, 0.1) is 4.34 Å². The predicted molar refractivity (Wildman–Crippen MR) is 79.9 cm³/mol. The monoisotopic (exact) mass is 326 g/mol. The van der Waals surface area contributed by atoms with Crippen molar-refractivity contribution in [2.75, 3.05) is 13.7 Å². The van der Waals surface area contributed by atoms with E-state index in [1.807, 2.05) is 12.1 Å². The molecule has 112 valence electrons. The van der Waals surface area contributed by atoms with Crippen molar-refractivity contribution in [3.8, 4) is 0 Å². The molecule has 1 N–H and O–H groups in total. The van der Waals surface area contributed by atoms with E-state index in [0.717, 1.165) is 23.5 Å². The highest BCUT2D eigenvalue weighted by atomic mass is 35.5. The highest BCUT2D eigenvalue weighted by Gasteiger charge is 2.29. The number of nitrogens with zero attached hydrogens (tertiary/aromatic N) is 1. The van der Waals surface area contributed by atoms with E-state index in [1.165, 1.54) is 11.3 Å². The van der Waals surface area contributed by atoms with Crippen molar-refractivity contribution in [1.82, 2.24) is 10.5 Å². The average molecular weight is 327 g/mol. The molecule has 0 bridgehead atoms. The Hall–Kier alpha value is -1.37. The zero-order valence-corrected chi connectivity index (χ0v) is 13.0. The summed E-state index contributed by atoms with van der Waals surface area (Å²) in [6, 6.07) is 5.43. The Balaban J connectivity index is 1.58. The van der Waals surface area contributed by atoms with Gasteiger partial charge in [-0.05, 0) is 25.0 Å². The molecule has 1 amide bonds. The first-order valence-corrected chi connectivity index (χ1v) is 7.89. The van der Waals surface area contributed by atoms with Crippen LogP contribution in [0.25, 0.3) is 0 Å². The van der Waals surface area contributed by atoms with Gasteiger partial charge >= 0.3 is 0 Å². The van der Waals surface area contributed by atoms with Crippen LogP contribution in [0.4, 0.5) is 0 Å². The van der Waals surface area contributed by atoms with Crippen molar-refractivity contribution >= 4 is 28.8 Å². The second-order valence-corrected chi connectivity index (χ2v) is 6.71. The average Bonchev–Trinajstić information content (AvgIpc) is 3.05. The van der Waals surface area contributed by atoms with Gasteiger partial charge in [-0.15, -0.1) is 11.3 Å². The van der Waals surface area contributed by atoms with Crippen LogP contribution in [-0.2, 0) is 4.74 Å². The molecule has 0 saturated heterocycles. The molecule has 1 saturated carbocycles. The number of halogens is 1. The molecule has 1 fully saturated rings. The fourth-order valence-corrected chi connectivity index (χ4v) is 3.17. The Morgan fingerprint density at radius 2 is 2.43 bits per heavy atom. The maximum Gasteiger partial charge on any atom is 0.273 e. The van der Waals surface area contributed by atoms with Crippen molar-refractivity contribution in [2.45, 2.75) is 24.9 Å². The summed E-state index contributed by atoms with van der Waals surface area (Å²) >= 11 is 7.35. The van der Waals surface area contributed by atoms with Crippen molar-refractivity contribution in [3.05, 3.63) is 38.9 Å². The van der Waals surface area contributed by atoms with Crippen molar-refractivity contribution in [1.29, 1.82) is 0 Å². The number of nitrogens with one attached hydrogen (secondary N) is 1. The topological polar surface area (TPSA) is 64.4 Å². The van der Waals surface area contributed by atoms with Crippen LogP contribution in [0.2, 0.25) is 4.34 Å². The number of ether oxygens (including phenoxy) is 1. The smallest absolute Gasteiger partial charge is 0.273 e. The Morgan fingerprint density at radius 3 is 3.05 bits per heavy atom. The summed E-state index contributed by atoms with van der Waals surface area (Å²) in [6.45, 7) is 0.359. The highest BCUT2D eigenvalue weighted by molar-refractivity contribution is 7.16. The molecule has 0 unspecified atom stereocenters. The maximum atomic E-state index is 12.0. The molecule has 0 aliphatic heterocycles. The van der Waals surface area contributed by atoms with Gasteiger partial charge in [-0.3, -0.25) is 4.79 Å². The van der Waals surface area contributed by atoms with Crippen molar-refractivity contribution < 1.29 is 14.1 Å². The van der Waals surface area contributed by atoms with Crippen LogP contribution in [0, 0.1) is 0 Å². The van der Waals surface area contributed by atoms with E-state index in [1.54, 1.807) is 13.2 Å². The number of rotatable bonds is 6. The van der Waals surface area contributed by atoms with Crippen LogP contribution < -0.4 is 5.32 Å². The lowest BCUT2D eigenvalue weighted by atomic mass is 10.2. The van der Waals surface area contributed by atoms with E-state index in [4.69, 9.17) is 20.9 Å². The second-order valence-electron chi connectivity index (χ2n) is 4.97. The lowest BCUT2D eigenvalue weighted by Gasteiger charge is -2.13. The second kappa shape index (κ2) is 6.17. The van der Waals surface area contributed by atoms with Crippen LogP contribution in [-0.4, -0.2) is 24.7 Å². The van der Waals surface area contributed by atoms with Gasteiger partial charge in [-0.2, -0.15) is 0 Å². The summed E-state index contributed by atoms with van der Waals surface area (Å²) in [6.07, 6.45) is 2.00. The third-order valence-electron chi connectivity index (χ3n) is 3.38. The maximum absolute atomic E-state index is 12.0. The van der Waals surface area contributed by atoms with Crippen LogP contribution in [0.15, 0.2) is 22.7 Å². The molecule has 0 spiro atoms. The molecule has 3 rings (SSSR count). The van der Waals surface area contributed by atoms with E-state index < -0.39 is 0 Å². The summed E-state index contributed by atoms with van der Waals surface area (Å²) in [5, 5.41) is 6.62. The first kappa shape index (κ1) is 14.6. The zero-order chi connectivity index (χ0) is 14.8. The van der Waals surface area contributed by atoms with Gasteiger partial charge in [0.2, 0.25) is 0 Å². The molecule has 0 radical (unpaired) electrons. The molecule has 1 atom stereocenters. The van der Waals surface area contributed by atoms with Gasteiger partial charge in [0.25, 0.3) is 5.91 Å². The zero-order valence-electron chi connectivity index (χ0n) is 11.5. The molecular weight excluding hydrogens is 312 g/mol. The number of hydrogen-bond acceptors (Lipinski definition) is 5. The molecule has 2 aromatic rings. The predicted octanol–water partition coefficient (Wildman–Crippen LogP) is 3.38. The molecule has 2 heterocycles. The molecule has 0 aromatic carbocycles. The summed E-state index contributed by atoms with van der Waals surface area (Å²) in [5.74, 6) is 0.989. The minimum atomic E-state index is -0.254. The number of aromatic nitrogens is 1. The molecule has 1 aliphatic rings. The third-order valence-corrected chi connectivity index (χ3v) is 4.71. The van der Waals surface area contributed by atoms with E-state index in [9.17, 15) is 4.79 Å². The lowest BCUT2D eigenvalue weighted by molar-refractivity contribution is 0.0830. The first-order valence-electron chi connectivity index (χ1n) is 6.70. The quantitative estimate of drug-likeness (QED) is 0.883. The lowest BCUT2D eigenvalue weighted by Crippen LogP contribution is -2.29. The summed E-state index contributed by atoms with van der Waals surface area (Å²) in [7, 11) is 1.60. The van der Waals surface area contributed by atoms with Crippen LogP contribution >= 0.6 is 22.9 Å². The number of thiophene rings is 1. The molecule has 7 heteroatoms. The van der Waals surface area contributed by atoms with Gasteiger partial charge in [0, 0.05) is 30.5 Å². The number of hydrogen-bond donors (Lipinski definition) is 1. The van der Waals surface area contributed by atoms with E-state index in [0.29, 0.717) is 22.5 Å². The molecule has 21 heavy (non-hydrogen) atoms. The Kier molecular flexibility index (Phi) is 4.28. The first-order chi connectivity index (χ1) is 10.2. The Labute approximate surface area is 131 Å². The molecule has 5 nitrogen and oxygen atoms in total. The fourth-order valence-electron chi connectivity index (χ4n) is 2.03. The van der Waals surface area contributed by atoms with Gasteiger partial charge in [-0.1, -0.05) is 16.8 Å². The van der Waals surface area contributed by atoms with Crippen LogP contribution in [0.5, 0.6) is 0 Å². The third kappa shape index (κ3) is 3.45. The summed E-state index contributed by atoms with van der Waals surface area (Å²) < 4.78 is 11.3. The molecule has 1 aliphatic carbocycles. The normalized spacial score (nSPS) is 15.9. The summed E-state index contributed by atoms with van der Waals surface area (Å²) in [4.78, 5) is 13.0. The van der Waals surface area contributed by atoms with Gasteiger partial charge in [0.15, 0.2) is 5.69 Å². The summed E-state index contributed by atoms with van der Waals surface area (Å²) in [5.41, 5.74) is 0.316. The van der Waals surface area contributed by atoms with Gasteiger partial charge < -0.3 is 14.6 Å². The molecular formula is C14H15ClN2O3S. The fraction of sp³-hybridized carbons (Fsp3) is 0.429. The minimum Gasteiger partial charge on any atom is -0.374 e.